The zero-order valence-electron chi connectivity index (χ0n) is 12.4. The Morgan fingerprint density at radius 1 is 1.14 bits per heavy atom. The minimum absolute atomic E-state index is 0.147. The van der Waals surface area contributed by atoms with Crippen molar-refractivity contribution in [1.29, 1.82) is 0 Å². The number of aryl methyl sites for hydroxylation is 1. The molecule has 0 bridgehead atoms. The Morgan fingerprint density at radius 3 is 2.50 bits per heavy atom. The van der Waals surface area contributed by atoms with Gasteiger partial charge in [0.05, 0.1) is 7.11 Å². The summed E-state index contributed by atoms with van der Waals surface area (Å²) in [6.07, 6.45) is 0. The predicted molar refractivity (Wildman–Crippen MR) is 82.3 cm³/mol. The second-order valence-corrected chi connectivity index (χ2v) is 4.65. The molecule has 1 N–H and O–H groups in total. The Bertz CT molecular complexity index is 695. The third-order valence-corrected chi connectivity index (χ3v) is 3.23. The van der Waals surface area contributed by atoms with E-state index >= 15 is 0 Å². The van der Waals surface area contributed by atoms with Crippen LogP contribution >= 0.6 is 0 Å². The summed E-state index contributed by atoms with van der Waals surface area (Å²) in [6.45, 7) is 2.20. The molecule has 5 heteroatoms. The van der Waals surface area contributed by atoms with Gasteiger partial charge in [0.15, 0.2) is 5.71 Å². The van der Waals surface area contributed by atoms with Gasteiger partial charge in [-0.05, 0) is 24.1 Å². The minimum atomic E-state index is -0.703. The number of carbonyl (C=O) groups is 1. The summed E-state index contributed by atoms with van der Waals surface area (Å²) in [7, 11) is 1.24. The minimum Gasteiger partial charge on any atom is -0.489 e. The maximum atomic E-state index is 11.7. The van der Waals surface area contributed by atoms with Crippen molar-refractivity contribution in [2.24, 2.45) is 5.16 Å². The molecule has 0 aromatic heterocycles. The number of rotatable bonds is 5. The first kappa shape index (κ1) is 15.6. The van der Waals surface area contributed by atoms with Crippen LogP contribution < -0.4 is 4.74 Å². The second kappa shape index (κ2) is 7.26. The Morgan fingerprint density at radius 2 is 1.82 bits per heavy atom. The Kier molecular flexibility index (Phi) is 5.14. The van der Waals surface area contributed by atoms with Gasteiger partial charge < -0.3 is 14.7 Å². The van der Waals surface area contributed by atoms with Crippen molar-refractivity contribution in [1.82, 2.24) is 0 Å². The number of nitrogens with zero attached hydrogens (tertiary/aromatic N) is 1. The molecule has 5 nitrogen and oxygen atoms in total. The molecule has 0 atom stereocenters. The fourth-order valence-electron chi connectivity index (χ4n) is 2.05. The van der Waals surface area contributed by atoms with Gasteiger partial charge in [-0.15, -0.1) is 0 Å². The Labute approximate surface area is 128 Å². The summed E-state index contributed by atoms with van der Waals surface area (Å²) in [6, 6.07) is 14.7. The van der Waals surface area contributed by atoms with E-state index in [4.69, 9.17) is 9.94 Å². The summed E-state index contributed by atoms with van der Waals surface area (Å²) >= 11 is 0. The van der Waals surface area contributed by atoms with Gasteiger partial charge in [0, 0.05) is 5.56 Å². The molecule has 0 spiro atoms. The van der Waals surface area contributed by atoms with E-state index in [1.54, 1.807) is 12.1 Å². The van der Waals surface area contributed by atoms with Crippen LogP contribution in [0.15, 0.2) is 53.7 Å². The van der Waals surface area contributed by atoms with Gasteiger partial charge in [-0.3, -0.25) is 0 Å². The molecule has 0 aliphatic heterocycles. The molecule has 2 aromatic rings. The van der Waals surface area contributed by atoms with Crippen molar-refractivity contribution in [3.63, 3.8) is 0 Å². The van der Waals surface area contributed by atoms with Crippen molar-refractivity contribution in [3.8, 4) is 5.75 Å². The standard InChI is InChI=1S/C17H17NO4/c1-12-7-3-6-10-15(12)22-11-13-8-4-5-9-14(13)16(18-20)17(19)21-2/h3-10,20H,11H2,1-2H3/b18-16-. The molecule has 0 saturated heterocycles. The van der Waals surface area contributed by atoms with Gasteiger partial charge in [-0.1, -0.05) is 47.6 Å². The van der Waals surface area contributed by atoms with Crippen molar-refractivity contribution < 1.29 is 19.5 Å². The molecule has 0 amide bonds. The number of oxime groups is 1. The van der Waals surface area contributed by atoms with Gasteiger partial charge in [-0.25, -0.2) is 4.79 Å². The van der Waals surface area contributed by atoms with Crippen LogP contribution in [0.1, 0.15) is 16.7 Å². The van der Waals surface area contributed by atoms with E-state index < -0.39 is 5.97 Å². The van der Waals surface area contributed by atoms with Crippen LogP contribution in [-0.4, -0.2) is 24.0 Å². The van der Waals surface area contributed by atoms with Crippen molar-refractivity contribution >= 4 is 11.7 Å². The SMILES string of the molecule is COC(=O)/C(=N\O)c1ccccc1COc1ccccc1C. The van der Waals surface area contributed by atoms with Crippen LogP contribution in [0.25, 0.3) is 0 Å². The number of carbonyl (C=O) groups excluding carboxylic acids is 1. The molecule has 0 fully saturated rings. The Balaban J connectivity index is 2.26. The lowest BCUT2D eigenvalue weighted by Gasteiger charge is -2.12. The van der Waals surface area contributed by atoms with E-state index in [1.807, 2.05) is 43.3 Å². The number of benzene rings is 2. The van der Waals surface area contributed by atoms with Gasteiger partial charge in [-0.2, -0.15) is 0 Å². The molecule has 0 aliphatic carbocycles. The average molecular weight is 299 g/mol. The lowest BCUT2D eigenvalue weighted by atomic mass is 10.0. The first-order valence-corrected chi connectivity index (χ1v) is 6.74. The molecular formula is C17H17NO4. The van der Waals surface area contributed by atoms with Crippen LogP contribution in [0.2, 0.25) is 0 Å². The first-order chi connectivity index (χ1) is 10.7. The smallest absolute Gasteiger partial charge is 0.360 e. The average Bonchev–Trinajstić information content (AvgIpc) is 2.55. The third-order valence-electron chi connectivity index (χ3n) is 3.23. The lowest BCUT2D eigenvalue weighted by molar-refractivity contribution is -0.132. The molecule has 114 valence electrons. The maximum Gasteiger partial charge on any atom is 0.360 e. The summed E-state index contributed by atoms with van der Waals surface area (Å²) in [5, 5.41) is 12.1. The van der Waals surface area contributed by atoms with Crippen molar-refractivity contribution in [2.45, 2.75) is 13.5 Å². The highest BCUT2D eigenvalue weighted by Crippen LogP contribution is 2.19. The molecule has 0 heterocycles. The zero-order valence-corrected chi connectivity index (χ0v) is 12.4. The molecule has 2 rings (SSSR count). The monoisotopic (exact) mass is 299 g/mol. The molecule has 22 heavy (non-hydrogen) atoms. The number of hydrogen-bond acceptors (Lipinski definition) is 5. The molecular weight excluding hydrogens is 282 g/mol. The van der Waals surface area contributed by atoms with Crippen LogP contribution in [0.4, 0.5) is 0 Å². The second-order valence-electron chi connectivity index (χ2n) is 4.65. The summed E-state index contributed by atoms with van der Waals surface area (Å²) in [4.78, 5) is 11.7. The van der Waals surface area contributed by atoms with Crippen LogP contribution in [-0.2, 0) is 16.1 Å². The molecule has 0 aliphatic rings. The highest BCUT2D eigenvalue weighted by molar-refractivity contribution is 6.43. The van der Waals surface area contributed by atoms with Crippen LogP contribution in [0.3, 0.4) is 0 Å². The maximum absolute atomic E-state index is 11.7. The Hall–Kier alpha value is -2.82. The topological polar surface area (TPSA) is 68.1 Å². The predicted octanol–water partition coefficient (Wildman–Crippen LogP) is 2.93. The van der Waals surface area contributed by atoms with Gasteiger partial charge >= 0.3 is 5.97 Å². The van der Waals surface area contributed by atoms with E-state index in [2.05, 4.69) is 9.89 Å². The van der Waals surface area contributed by atoms with Crippen molar-refractivity contribution in [3.05, 3.63) is 65.2 Å². The fourth-order valence-corrected chi connectivity index (χ4v) is 2.05. The molecule has 0 unspecified atom stereocenters. The third kappa shape index (κ3) is 3.44. The lowest BCUT2D eigenvalue weighted by Crippen LogP contribution is -2.19. The number of esters is 1. The largest absolute Gasteiger partial charge is 0.489 e. The van der Waals surface area contributed by atoms with E-state index in [1.165, 1.54) is 7.11 Å². The van der Waals surface area contributed by atoms with Gasteiger partial charge in [0.2, 0.25) is 0 Å². The van der Waals surface area contributed by atoms with E-state index in [-0.39, 0.29) is 12.3 Å². The van der Waals surface area contributed by atoms with Gasteiger partial charge in [0.1, 0.15) is 12.4 Å². The zero-order chi connectivity index (χ0) is 15.9. The van der Waals surface area contributed by atoms with Crippen LogP contribution in [0, 0.1) is 6.92 Å². The van der Waals surface area contributed by atoms with E-state index in [0.717, 1.165) is 16.9 Å². The number of ether oxygens (including phenoxy) is 2. The fraction of sp³-hybridized carbons (Fsp3) is 0.176. The van der Waals surface area contributed by atoms with Gasteiger partial charge in [0.25, 0.3) is 0 Å². The number of methoxy groups -OCH3 is 1. The van der Waals surface area contributed by atoms with E-state index in [9.17, 15) is 4.79 Å². The molecule has 0 radical (unpaired) electrons. The molecule has 2 aromatic carbocycles. The number of para-hydroxylation sites is 1. The highest BCUT2D eigenvalue weighted by atomic mass is 16.5. The normalized spacial score (nSPS) is 11.1. The van der Waals surface area contributed by atoms with Crippen molar-refractivity contribution in [2.75, 3.05) is 7.11 Å². The quantitative estimate of drug-likeness (QED) is 0.399. The first-order valence-electron chi connectivity index (χ1n) is 6.74. The number of hydrogen-bond donors (Lipinski definition) is 1. The summed E-state index contributed by atoms with van der Waals surface area (Å²) in [5.41, 5.74) is 2.07. The van der Waals surface area contributed by atoms with Crippen LogP contribution in [0.5, 0.6) is 5.75 Å². The summed E-state index contributed by atoms with van der Waals surface area (Å²) < 4.78 is 10.4. The highest BCUT2D eigenvalue weighted by Gasteiger charge is 2.18. The van der Waals surface area contributed by atoms with E-state index in [0.29, 0.717) is 5.56 Å². The molecule has 0 saturated carbocycles. The summed E-state index contributed by atoms with van der Waals surface area (Å²) in [5.74, 6) is 0.0590.